The fourth-order valence-corrected chi connectivity index (χ4v) is 0.915. The molecule has 0 radical (unpaired) electrons. The Morgan fingerprint density at radius 1 is 1.67 bits per heavy atom. The first-order valence-electron chi connectivity index (χ1n) is 3.84. The number of methoxy groups -OCH3 is 1. The summed E-state index contributed by atoms with van der Waals surface area (Å²) in [5, 5.41) is 15.9. The number of hydrogen-bond acceptors (Lipinski definition) is 6. The Balaban J connectivity index is 2.87. The molecule has 1 rings (SSSR count). The van der Waals surface area contributed by atoms with E-state index in [4.69, 9.17) is 0 Å². The van der Waals surface area contributed by atoms with E-state index in [0.717, 1.165) is 13.3 Å². The van der Waals surface area contributed by atoms with Crippen LogP contribution in [-0.2, 0) is 9.53 Å². The average Bonchev–Trinajstić information content (AvgIpc) is 2.65. The Labute approximate surface area is 83.4 Å². The first kappa shape index (κ1) is 10.8. The van der Waals surface area contributed by atoms with Gasteiger partial charge in [0.25, 0.3) is 0 Å². The summed E-state index contributed by atoms with van der Waals surface area (Å²) in [5.74, 6) is -1.49. The first-order chi connectivity index (χ1) is 7.06. The summed E-state index contributed by atoms with van der Waals surface area (Å²) in [6, 6.07) is 0. The van der Waals surface area contributed by atoms with E-state index in [1.807, 2.05) is 0 Å². The molecule has 80 valence electrons. The van der Waals surface area contributed by atoms with E-state index in [9.17, 15) is 19.7 Å². The summed E-state index contributed by atoms with van der Waals surface area (Å²) in [4.78, 5) is 31.7. The van der Waals surface area contributed by atoms with Crippen molar-refractivity contribution in [3.05, 3.63) is 22.0 Å². The Kier molecular flexibility index (Phi) is 3.11. The molecule has 1 N–H and O–H groups in total. The fraction of sp³-hybridized carbons (Fsp3) is 0.286. The molecule has 0 aliphatic carbocycles. The number of carbonyl (C=O) groups excluding carboxylic acids is 2. The molecule has 15 heavy (non-hydrogen) atoms. The van der Waals surface area contributed by atoms with E-state index in [-0.39, 0.29) is 5.69 Å². The highest BCUT2D eigenvalue weighted by Gasteiger charge is 2.24. The van der Waals surface area contributed by atoms with Gasteiger partial charge in [-0.25, -0.2) is 0 Å². The Morgan fingerprint density at radius 2 is 2.33 bits per heavy atom. The van der Waals surface area contributed by atoms with Crippen molar-refractivity contribution in [2.24, 2.45) is 0 Å². The van der Waals surface area contributed by atoms with Crippen molar-refractivity contribution < 1.29 is 19.2 Å². The quantitative estimate of drug-likeness (QED) is 0.248. The molecule has 0 unspecified atom stereocenters. The zero-order valence-corrected chi connectivity index (χ0v) is 7.72. The maximum Gasteiger partial charge on any atom is 0.317 e. The van der Waals surface area contributed by atoms with Crippen LogP contribution in [0.4, 0.5) is 5.69 Å². The van der Waals surface area contributed by atoms with E-state index in [0.29, 0.717) is 0 Å². The van der Waals surface area contributed by atoms with E-state index < -0.39 is 28.8 Å². The molecule has 0 amide bonds. The molecule has 0 fully saturated rings. The van der Waals surface area contributed by atoms with Crippen molar-refractivity contribution in [2.75, 3.05) is 7.11 Å². The highest BCUT2D eigenvalue weighted by molar-refractivity contribution is 6.06. The molecule has 0 saturated carbocycles. The third-order valence-corrected chi connectivity index (χ3v) is 1.63. The number of esters is 1. The van der Waals surface area contributed by atoms with Crippen molar-refractivity contribution in [3.8, 4) is 0 Å². The molecule has 0 aromatic carbocycles. The molecular weight excluding hydrogens is 206 g/mol. The number of hydrogen-bond donors (Lipinski definition) is 1. The number of nitro groups is 1. The van der Waals surface area contributed by atoms with Crippen LogP contribution in [0.3, 0.4) is 0 Å². The SMILES string of the molecule is COC(=O)CC(=O)c1[nH]ncc1[N+](=O)[O-]. The molecule has 8 nitrogen and oxygen atoms in total. The number of aromatic amines is 1. The Hall–Kier alpha value is -2.25. The molecule has 1 aromatic rings. The normalized spacial score (nSPS) is 9.67. The number of ether oxygens (including phenoxy) is 1. The van der Waals surface area contributed by atoms with Gasteiger partial charge in [0.1, 0.15) is 12.6 Å². The lowest BCUT2D eigenvalue weighted by atomic mass is 10.2. The lowest BCUT2D eigenvalue weighted by Gasteiger charge is -1.96. The van der Waals surface area contributed by atoms with Crippen LogP contribution < -0.4 is 0 Å². The van der Waals surface area contributed by atoms with Gasteiger partial charge in [-0.3, -0.25) is 24.8 Å². The summed E-state index contributed by atoms with van der Waals surface area (Å²) in [5.41, 5.74) is -0.755. The van der Waals surface area contributed by atoms with Gasteiger partial charge in [-0.15, -0.1) is 0 Å². The topological polar surface area (TPSA) is 115 Å². The third-order valence-electron chi connectivity index (χ3n) is 1.63. The minimum atomic E-state index is -0.760. The predicted molar refractivity (Wildman–Crippen MR) is 46.2 cm³/mol. The van der Waals surface area contributed by atoms with E-state index in [2.05, 4.69) is 14.9 Å². The van der Waals surface area contributed by atoms with Crippen LogP contribution in [-0.4, -0.2) is 34.0 Å². The van der Waals surface area contributed by atoms with Gasteiger partial charge in [0.15, 0.2) is 11.5 Å². The molecular formula is C7H7N3O5. The molecule has 0 spiro atoms. The first-order valence-corrected chi connectivity index (χ1v) is 3.84. The van der Waals surface area contributed by atoms with Crippen LogP contribution >= 0.6 is 0 Å². The molecule has 8 heteroatoms. The standard InChI is InChI=1S/C7H7N3O5/c1-15-6(12)2-5(11)7-4(10(13)14)3-8-9-7/h3H,2H2,1H3,(H,8,9). The molecule has 0 saturated heterocycles. The van der Waals surface area contributed by atoms with Crippen LogP contribution in [0, 0.1) is 10.1 Å². The van der Waals surface area contributed by atoms with Crippen LogP contribution in [0.5, 0.6) is 0 Å². The summed E-state index contributed by atoms with van der Waals surface area (Å²) in [6.45, 7) is 0. The number of Topliss-reactive ketones (excluding diaryl/α,β-unsaturated/α-hetero) is 1. The number of rotatable bonds is 4. The van der Waals surface area contributed by atoms with Crippen molar-refractivity contribution in [2.45, 2.75) is 6.42 Å². The Bertz CT molecular complexity index is 411. The largest absolute Gasteiger partial charge is 0.469 e. The predicted octanol–water partition coefficient (Wildman–Crippen LogP) is 0.0637. The monoisotopic (exact) mass is 213 g/mol. The van der Waals surface area contributed by atoms with Crippen molar-refractivity contribution >= 4 is 17.4 Å². The van der Waals surface area contributed by atoms with Crippen molar-refractivity contribution in [1.82, 2.24) is 10.2 Å². The van der Waals surface area contributed by atoms with E-state index >= 15 is 0 Å². The molecule has 1 heterocycles. The third kappa shape index (κ3) is 2.36. The smallest absolute Gasteiger partial charge is 0.317 e. The molecule has 0 aliphatic rings. The lowest BCUT2D eigenvalue weighted by Crippen LogP contribution is -2.11. The van der Waals surface area contributed by atoms with Crippen molar-refractivity contribution in [3.63, 3.8) is 0 Å². The fourth-order valence-electron chi connectivity index (χ4n) is 0.915. The van der Waals surface area contributed by atoms with Gasteiger partial charge in [0, 0.05) is 0 Å². The summed E-state index contributed by atoms with van der Waals surface area (Å²) < 4.78 is 4.26. The molecule has 1 aromatic heterocycles. The summed E-state index contributed by atoms with van der Waals surface area (Å²) >= 11 is 0. The van der Waals surface area contributed by atoms with Gasteiger partial charge in [-0.2, -0.15) is 5.10 Å². The lowest BCUT2D eigenvalue weighted by molar-refractivity contribution is -0.385. The van der Waals surface area contributed by atoms with Gasteiger partial charge in [-0.1, -0.05) is 0 Å². The Morgan fingerprint density at radius 3 is 2.87 bits per heavy atom. The van der Waals surface area contributed by atoms with Gasteiger partial charge in [0.2, 0.25) is 0 Å². The summed E-state index contributed by atoms with van der Waals surface area (Å²) in [6.07, 6.45) is 0.351. The van der Waals surface area contributed by atoms with Gasteiger partial charge >= 0.3 is 11.7 Å². The van der Waals surface area contributed by atoms with Crippen LogP contribution in [0.2, 0.25) is 0 Å². The van der Waals surface area contributed by atoms with Crippen LogP contribution in [0.1, 0.15) is 16.9 Å². The van der Waals surface area contributed by atoms with E-state index in [1.54, 1.807) is 0 Å². The molecule has 0 atom stereocenters. The average molecular weight is 213 g/mol. The minimum absolute atomic E-state index is 0.301. The number of aromatic nitrogens is 2. The van der Waals surface area contributed by atoms with Gasteiger partial charge in [-0.05, 0) is 0 Å². The van der Waals surface area contributed by atoms with Crippen LogP contribution in [0.15, 0.2) is 6.20 Å². The maximum absolute atomic E-state index is 11.3. The number of carbonyl (C=O) groups is 2. The minimum Gasteiger partial charge on any atom is -0.469 e. The number of ketones is 1. The number of nitrogens with zero attached hydrogens (tertiary/aromatic N) is 2. The van der Waals surface area contributed by atoms with Crippen LogP contribution in [0.25, 0.3) is 0 Å². The molecule has 0 aliphatic heterocycles. The maximum atomic E-state index is 11.3. The van der Waals surface area contributed by atoms with Crippen molar-refractivity contribution in [1.29, 1.82) is 0 Å². The molecule has 0 bridgehead atoms. The zero-order chi connectivity index (χ0) is 11.4. The highest BCUT2D eigenvalue weighted by atomic mass is 16.6. The number of H-pyrrole nitrogens is 1. The summed E-state index contributed by atoms with van der Waals surface area (Å²) in [7, 11) is 1.12. The highest BCUT2D eigenvalue weighted by Crippen LogP contribution is 2.16. The second-order valence-corrected chi connectivity index (χ2v) is 2.56. The van der Waals surface area contributed by atoms with E-state index in [1.165, 1.54) is 0 Å². The van der Waals surface area contributed by atoms with Gasteiger partial charge in [0.05, 0.1) is 12.0 Å². The second kappa shape index (κ2) is 4.31. The van der Waals surface area contributed by atoms with Gasteiger partial charge < -0.3 is 4.74 Å². The number of nitrogens with one attached hydrogen (secondary N) is 1. The second-order valence-electron chi connectivity index (χ2n) is 2.56. The zero-order valence-electron chi connectivity index (χ0n) is 7.72.